The van der Waals surface area contributed by atoms with Crippen LogP contribution in [0.25, 0.3) is 33.3 Å². The first-order chi connectivity index (χ1) is 12.8. The molecule has 6 nitrogen and oxygen atoms in total. The van der Waals surface area contributed by atoms with Crippen molar-refractivity contribution in [2.45, 2.75) is 6.92 Å². The molecule has 3 heterocycles. The van der Waals surface area contributed by atoms with Gasteiger partial charge in [0.05, 0.1) is 17.1 Å². The van der Waals surface area contributed by atoms with E-state index in [1.807, 2.05) is 61.7 Å². The largest absolute Gasteiger partial charge is 0.343 e. The van der Waals surface area contributed by atoms with Gasteiger partial charge in [-0.25, -0.2) is 9.97 Å². The number of fused-ring (bicyclic) bond motifs is 2. The predicted octanol–water partition coefficient (Wildman–Crippen LogP) is 4.55. The van der Waals surface area contributed by atoms with E-state index in [0.717, 1.165) is 44.7 Å². The molecule has 0 aliphatic heterocycles. The maximum atomic E-state index is 4.78. The molecule has 3 aromatic heterocycles. The molecule has 0 spiro atoms. The Bertz CT molecular complexity index is 1220. The SMILES string of the molecule is Cc1cc2c(Nc3ccc4cn[nH]c4c3)nc(-c3ccccc3)nc2[nH]1. The van der Waals surface area contributed by atoms with Gasteiger partial charge in [0.25, 0.3) is 0 Å². The summed E-state index contributed by atoms with van der Waals surface area (Å²) >= 11 is 0. The highest BCUT2D eigenvalue weighted by Gasteiger charge is 2.12. The molecule has 0 bridgehead atoms. The van der Waals surface area contributed by atoms with Gasteiger partial charge >= 0.3 is 0 Å². The number of aromatic nitrogens is 5. The van der Waals surface area contributed by atoms with E-state index < -0.39 is 0 Å². The van der Waals surface area contributed by atoms with E-state index in [9.17, 15) is 0 Å². The Labute approximate surface area is 149 Å². The highest BCUT2D eigenvalue weighted by Crippen LogP contribution is 2.28. The minimum absolute atomic E-state index is 0.685. The van der Waals surface area contributed by atoms with Gasteiger partial charge in [0.15, 0.2) is 5.82 Å². The second-order valence-electron chi connectivity index (χ2n) is 6.27. The number of hydrogen-bond acceptors (Lipinski definition) is 4. The monoisotopic (exact) mass is 340 g/mol. The molecule has 0 atom stereocenters. The molecule has 0 fully saturated rings. The summed E-state index contributed by atoms with van der Waals surface area (Å²) in [5.41, 5.74) is 4.77. The van der Waals surface area contributed by atoms with Crippen molar-refractivity contribution in [3.05, 3.63) is 66.5 Å². The van der Waals surface area contributed by atoms with E-state index in [4.69, 9.17) is 4.98 Å². The molecule has 3 N–H and O–H groups in total. The van der Waals surface area contributed by atoms with Crippen LogP contribution in [0.5, 0.6) is 0 Å². The number of nitrogens with zero attached hydrogens (tertiary/aromatic N) is 3. The third kappa shape index (κ3) is 2.48. The number of H-pyrrole nitrogens is 2. The molecule has 0 radical (unpaired) electrons. The highest BCUT2D eigenvalue weighted by molar-refractivity contribution is 5.92. The first kappa shape index (κ1) is 14.7. The fourth-order valence-electron chi connectivity index (χ4n) is 3.10. The van der Waals surface area contributed by atoms with Crippen LogP contribution in [0.4, 0.5) is 11.5 Å². The van der Waals surface area contributed by atoms with Gasteiger partial charge in [-0.2, -0.15) is 5.10 Å². The molecule has 0 saturated heterocycles. The van der Waals surface area contributed by atoms with Crippen LogP contribution in [0.1, 0.15) is 5.69 Å². The smallest absolute Gasteiger partial charge is 0.163 e. The molecule has 0 saturated carbocycles. The Morgan fingerprint density at radius 1 is 0.962 bits per heavy atom. The zero-order chi connectivity index (χ0) is 17.5. The van der Waals surface area contributed by atoms with Crippen molar-refractivity contribution < 1.29 is 0 Å². The van der Waals surface area contributed by atoms with E-state index in [1.165, 1.54) is 0 Å². The van der Waals surface area contributed by atoms with Gasteiger partial charge < -0.3 is 10.3 Å². The molecule has 0 unspecified atom stereocenters. The van der Waals surface area contributed by atoms with E-state index in [-0.39, 0.29) is 0 Å². The molecular formula is C20H16N6. The second kappa shape index (κ2) is 5.70. The lowest BCUT2D eigenvalue weighted by Crippen LogP contribution is -1.98. The van der Waals surface area contributed by atoms with E-state index in [2.05, 4.69) is 31.5 Å². The number of benzene rings is 2. The van der Waals surface area contributed by atoms with E-state index in [1.54, 1.807) is 0 Å². The van der Waals surface area contributed by atoms with Crippen LogP contribution in [0.2, 0.25) is 0 Å². The van der Waals surface area contributed by atoms with E-state index in [0.29, 0.717) is 5.82 Å². The van der Waals surface area contributed by atoms with Crippen LogP contribution in [-0.4, -0.2) is 25.1 Å². The van der Waals surface area contributed by atoms with Crippen molar-refractivity contribution in [2.24, 2.45) is 0 Å². The summed E-state index contributed by atoms with van der Waals surface area (Å²) in [6, 6.07) is 18.1. The molecule has 2 aromatic carbocycles. The van der Waals surface area contributed by atoms with Crippen LogP contribution in [0.3, 0.4) is 0 Å². The maximum absolute atomic E-state index is 4.78. The molecule has 26 heavy (non-hydrogen) atoms. The molecule has 0 aliphatic rings. The number of aryl methyl sites for hydroxylation is 1. The Kier molecular flexibility index (Phi) is 3.21. The Morgan fingerprint density at radius 3 is 2.73 bits per heavy atom. The first-order valence-corrected chi connectivity index (χ1v) is 8.39. The lowest BCUT2D eigenvalue weighted by molar-refractivity contribution is 1.12. The summed E-state index contributed by atoms with van der Waals surface area (Å²) in [6.07, 6.45) is 1.81. The van der Waals surface area contributed by atoms with Crippen LogP contribution < -0.4 is 5.32 Å². The van der Waals surface area contributed by atoms with Crippen molar-refractivity contribution in [1.29, 1.82) is 0 Å². The topological polar surface area (TPSA) is 82.3 Å². The second-order valence-corrected chi connectivity index (χ2v) is 6.27. The number of anilines is 2. The molecule has 126 valence electrons. The predicted molar refractivity (Wildman–Crippen MR) is 103 cm³/mol. The zero-order valence-corrected chi connectivity index (χ0v) is 14.1. The number of nitrogens with one attached hydrogen (secondary N) is 3. The van der Waals surface area contributed by atoms with Crippen LogP contribution in [0.15, 0.2) is 60.8 Å². The summed E-state index contributed by atoms with van der Waals surface area (Å²) in [7, 11) is 0. The molecular weight excluding hydrogens is 324 g/mol. The fourth-order valence-corrected chi connectivity index (χ4v) is 3.10. The first-order valence-electron chi connectivity index (χ1n) is 8.39. The Hall–Kier alpha value is -3.67. The minimum Gasteiger partial charge on any atom is -0.343 e. The summed E-state index contributed by atoms with van der Waals surface area (Å²) in [6.45, 7) is 2.02. The lowest BCUT2D eigenvalue weighted by atomic mass is 10.2. The third-order valence-electron chi connectivity index (χ3n) is 4.36. The van der Waals surface area contributed by atoms with Gasteiger partial charge in [0.1, 0.15) is 11.5 Å². The summed E-state index contributed by atoms with van der Waals surface area (Å²) in [4.78, 5) is 12.8. The van der Waals surface area contributed by atoms with Gasteiger partial charge in [-0.1, -0.05) is 30.3 Å². The molecule has 0 aliphatic carbocycles. The Morgan fingerprint density at radius 2 is 1.85 bits per heavy atom. The van der Waals surface area contributed by atoms with Gasteiger partial charge in [-0.15, -0.1) is 0 Å². The van der Waals surface area contributed by atoms with Crippen molar-refractivity contribution >= 4 is 33.4 Å². The Balaban J connectivity index is 1.65. The normalized spacial score (nSPS) is 11.3. The van der Waals surface area contributed by atoms with Gasteiger partial charge in [-0.3, -0.25) is 5.10 Å². The maximum Gasteiger partial charge on any atom is 0.163 e. The molecule has 6 heteroatoms. The molecule has 0 amide bonds. The van der Waals surface area contributed by atoms with Crippen molar-refractivity contribution in [2.75, 3.05) is 5.32 Å². The van der Waals surface area contributed by atoms with Gasteiger partial charge in [0.2, 0.25) is 0 Å². The number of aromatic amines is 2. The number of rotatable bonds is 3. The summed E-state index contributed by atoms with van der Waals surface area (Å²) in [5.74, 6) is 1.46. The van der Waals surface area contributed by atoms with Crippen LogP contribution in [-0.2, 0) is 0 Å². The van der Waals surface area contributed by atoms with Gasteiger partial charge in [0, 0.05) is 22.3 Å². The lowest BCUT2D eigenvalue weighted by Gasteiger charge is -2.09. The van der Waals surface area contributed by atoms with Crippen molar-refractivity contribution in [1.82, 2.24) is 25.1 Å². The summed E-state index contributed by atoms with van der Waals surface area (Å²) < 4.78 is 0. The fraction of sp³-hybridized carbons (Fsp3) is 0.0500. The standard InChI is InChI=1S/C20H16N6/c1-12-9-16-19(22-12)24-18(13-5-3-2-4-6-13)25-20(16)23-15-8-7-14-11-21-26-17(14)10-15/h2-11H,1H3,(H,21,26)(H2,22,23,24,25). The van der Waals surface area contributed by atoms with Crippen LogP contribution >= 0.6 is 0 Å². The van der Waals surface area contributed by atoms with Crippen molar-refractivity contribution in [3.8, 4) is 11.4 Å². The van der Waals surface area contributed by atoms with Crippen molar-refractivity contribution in [3.63, 3.8) is 0 Å². The zero-order valence-electron chi connectivity index (χ0n) is 14.1. The highest BCUT2D eigenvalue weighted by atomic mass is 15.1. The van der Waals surface area contributed by atoms with Gasteiger partial charge in [-0.05, 0) is 31.2 Å². The minimum atomic E-state index is 0.685. The molecule has 5 rings (SSSR count). The average molecular weight is 340 g/mol. The summed E-state index contributed by atoms with van der Waals surface area (Å²) in [5, 5.41) is 12.5. The molecule has 5 aromatic rings. The average Bonchev–Trinajstić information content (AvgIpc) is 3.27. The number of hydrogen-bond donors (Lipinski definition) is 3. The quantitative estimate of drug-likeness (QED) is 0.450. The van der Waals surface area contributed by atoms with Crippen LogP contribution in [0, 0.1) is 6.92 Å². The third-order valence-corrected chi connectivity index (χ3v) is 4.36. The van der Waals surface area contributed by atoms with E-state index >= 15 is 0 Å².